The molecule has 7 nitrogen and oxygen atoms in total. The molecule has 0 radical (unpaired) electrons. The second-order valence-corrected chi connectivity index (χ2v) is 7.25. The lowest BCUT2D eigenvalue weighted by Crippen LogP contribution is -2.14. The van der Waals surface area contributed by atoms with E-state index in [0.29, 0.717) is 39.4 Å². The Bertz CT molecular complexity index is 1190. The van der Waals surface area contributed by atoms with Crippen LogP contribution in [0.15, 0.2) is 47.5 Å². The van der Waals surface area contributed by atoms with Gasteiger partial charge < -0.3 is 15.3 Å². The average Bonchev–Trinajstić information content (AvgIpc) is 3.20. The number of rotatable bonds is 5. The summed E-state index contributed by atoms with van der Waals surface area (Å²) in [4.78, 5) is 36.6. The number of imidazole rings is 1. The van der Waals surface area contributed by atoms with E-state index in [2.05, 4.69) is 27.1 Å². The van der Waals surface area contributed by atoms with Gasteiger partial charge >= 0.3 is 0 Å². The van der Waals surface area contributed by atoms with Crippen LogP contribution >= 0.6 is 11.3 Å². The topological polar surface area (TPSA) is 107 Å². The van der Waals surface area contributed by atoms with Crippen LogP contribution in [-0.4, -0.2) is 25.4 Å². The molecule has 0 unspecified atom stereocenters. The normalized spacial score (nSPS) is 11.1. The molecular formula is C19H17N5O2S. The van der Waals surface area contributed by atoms with Crippen molar-refractivity contribution in [3.8, 4) is 0 Å². The van der Waals surface area contributed by atoms with Crippen molar-refractivity contribution >= 4 is 27.5 Å². The third kappa shape index (κ3) is 3.26. The van der Waals surface area contributed by atoms with E-state index in [1.165, 1.54) is 0 Å². The molecule has 3 heterocycles. The van der Waals surface area contributed by atoms with Crippen LogP contribution < -0.4 is 11.3 Å². The number of aromatic nitrogens is 4. The number of hydrogen-bond donors (Lipinski definition) is 2. The van der Waals surface area contributed by atoms with E-state index in [9.17, 15) is 9.59 Å². The molecule has 1 amide bonds. The molecular weight excluding hydrogens is 362 g/mol. The highest BCUT2D eigenvalue weighted by Crippen LogP contribution is 2.26. The lowest BCUT2D eigenvalue weighted by molar-refractivity contribution is 0.100. The zero-order chi connectivity index (χ0) is 19.0. The number of benzene rings is 1. The van der Waals surface area contributed by atoms with Crippen molar-refractivity contribution in [2.75, 3.05) is 0 Å². The Morgan fingerprint density at radius 3 is 2.81 bits per heavy atom. The predicted molar refractivity (Wildman–Crippen MR) is 104 cm³/mol. The van der Waals surface area contributed by atoms with Gasteiger partial charge in [0.25, 0.3) is 11.5 Å². The van der Waals surface area contributed by atoms with E-state index in [0.717, 1.165) is 22.7 Å². The van der Waals surface area contributed by atoms with Gasteiger partial charge in [0.1, 0.15) is 16.5 Å². The van der Waals surface area contributed by atoms with Gasteiger partial charge in [-0.3, -0.25) is 9.59 Å². The second kappa shape index (κ2) is 6.81. The Kier molecular flexibility index (Phi) is 4.33. The van der Waals surface area contributed by atoms with Gasteiger partial charge in [0.15, 0.2) is 0 Å². The van der Waals surface area contributed by atoms with Crippen molar-refractivity contribution in [1.29, 1.82) is 0 Å². The summed E-state index contributed by atoms with van der Waals surface area (Å²) < 4.78 is 2.02. The molecule has 0 fully saturated rings. The monoisotopic (exact) mass is 379 g/mol. The molecule has 3 N–H and O–H groups in total. The number of aryl methyl sites for hydroxylation is 1. The third-order valence-electron chi connectivity index (χ3n) is 4.40. The maximum atomic E-state index is 12.5. The molecule has 0 aliphatic carbocycles. The van der Waals surface area contributed by atoms with Crippen LogP contribution in [0.4, 0.5) is 0 Å². The van der Waals surface area contributed by atoms with Crippen LogP contribution in [0.3, 0.4) is 0 Å². The number of H-pyrrole nitrogens is 1. The molecule has 0 aliphatic heterocycles. The molecule has 0 atom stereocenters. The second-order valence-electron chi connectivity index (χ2n) is 6.25. The summed E-state index contributed by atoms with van der Waals surface area (Å²) in [6.45, 7) is 2.40. The van der Waals surface area contributed by atoms with E-state index in [4.69, 9.17) is 5.73 Å². The van der Waals surface area contributed by atoms with Gasteiger partial charge in [-0.25, -0.2) is 9.97 Å². The Morgan fingerprint density at radius 1 is 1.30 bits per heavy atom. The SMILES string of the molecule is Cc1c(C(N)=O)sc2nc(Cc3nccn3Cc3ccccc3)[nH]c(=O)c12. The van der Waals surface area contributed by atoms with E-state index in [1.807, 2.05) is 29.0 Å². The molecule has 3 aromatic heterocycles. The zero-order valence-electron chi connectivity index (χ0n) is 14.6. The highest BCUT2D eigenvalue weighted by molar-refractivity contribution is 7.20. The largest absolute Gasteiger partial charge is 0.365 e. The molecule has 4 aromatic rings. The number of nitrogens with one attached hydrogen (secondary N) is 1. The first-order valence-electron chi connectivity index (χ1n) is 8.39. The summed E-state index contributed by atoms with van der Waals surface area (Å²) in [5.41, 5.74) is 6.86. The molecule has 27 heavy (non-hydrogen) atoms. The molecule has 0 saturated carbocycles. The molecule has 8 heteroatoms. The van der Waals surface area contributed by atoms with Crippen LogP contribution in [0.25, 0.3) is 10.2 Å². The summed E-state index contributed by atoms with van der Waals surface area (Å²) in [5, 5.41) is 0.421. The van der Waals surface area contributed by atoms with E-state index >= 15 is 0 Å². The number of carbonyl (C=O) groups excluding carboxylic acids is 1. The van der Waals surface area contributed by atoms with E-state index in [1.54, 1.807) is 13.1 Å². The van der Waals surface area contributed by atoms with Crippen LogP contribution in [0.2, 0.25) is 0 Å². The van der Waals surface area contributed by atoms with Crippen LogP contribution in [0, 0.1) is 6.92 Å². The maximum Gasteiger partial charge on any atom is 0.259 e. The fraction of sp³-hybridized carbons (Fsp3) is 0.158. The fourth-order valence-electron chi connectivity index (χ4n) is 3.09. The molecule has 0 saturated heterocycles. The number of carbonyl (C=O) groups is 1. The molecule has 1 aromatic carbocycles. The van der Waals surface area contributed by atoms with Crippen molar-refractivity contribution < 1.29 is 4.79 Å². The highest BCUT2D eigenvalue weighted by Gasteiger charge is 2.18. The van der Waals surface area contributed by atoms with Gasteiger partial charge in [-0.15, -0.1) is 11.3 Å². The lowest BCUT2D eigenvalue weighted by Gasteiger charge is -2.08. The predicted octanol–water partition coefficient (Wildman–Crippen LogP) is 2.23. The number of thiophene rings is 1. The van der Waals surface area contributed by atoms with Gasteiger partial charge in [0, 0.05) is 18.9 Å². The van der Waals surface area contributed by atoms with Crippen molar-refractivity contribution in [2.24, 2.45) is 5.73 Å². The quantitative estimate of drug-likeness (QED) is 0.554. The average molecular weight is 379 g/mol. The number of nitrogens with zero attached hydrogens (tertiary/aromatic N) is 3. The summed E-state index contributed by atoms with van der Waals surface area (Å²) in [5.74, 6) is 0.755. The summed E-state index contributed by atoms with van der Waals surface area (Å²) >= 11 is 1.15. The van der Waals surface area contributed by atoms with Crippen molar-refractivity contribution in [3.05, 3.63) is 80.7 Å². The first-order valence-corrected chi connectivity index (χ1v) is 9.20. The lowest BCUT2D eigenvalue weighted by atomic mass is 10.2. The third-order valence-corrected chi connectivity index (χ3v) is 5.60. The first-order chi connectivity index (χ1) is 13.0. The van der Waals surface area contributed by atoms with Gasteiger partial charge in [-0.05, 0) is 18.1 Å². The Balaban J connectivity index is 1.68. The number of amides is 1. The summed E-state index contributed by atoms with van der Waals surface area (Å²) in [6, 6.07) is 10.1. The number of aromatic amines is 1. The van der Waals surface area contributed by atoms with Gasteiger partial charge in [-0.1, -0.05) is 30.3 Å². The van der Waals surface area contributed by atoms with Crippen LogP contribution in [-0.2, 0) is 13.0 Å². The maximum absolute atomic E-state index is 12.5. The summed E-state index contributed by atoms with van der Waals surface area (Å²) in [6.07, 6.45) is 4.02. The Hall–Kier alpha value is -3.26. The molecule has 0 aliphatic rings. The van der Waals surface area contributed by atoms with Crippen LogP contribution in [0.5, 0.6) is 0 Å². The Morgan fingerprint density at radius 2 is 2.07 bits per heavy atom. The van der Waals surface area contributed by atoms with Crippen LogP contribution in [0.1, 0.15) is 32.4 Å². The van der Waals surface area contributed by atoms with Crippen molar-refractivity contribution in [1.82, 2.24) is 19.5 Å². The smallest absolute Gasteiger partial charge is 0.259 e. The minimum atomic E-state index is -0.546. The van der Waals surface area contributed by atoms with Gasteiger partial charge in [0.2, 0.25) is 0 Å². The molecule has 0 spiro atoms. The van der Waals surface area contributed by atoms with Crippen molar-refractivity contribution in [3.63, 3.8) is 0 Å². The minimum Gasteiger partial charge on any atom is -0.365 e. The highest BCUT2D eigenvalue weighted by atomic mass is 32.1. The minimum absolute atomic E-state index is 0.266. The summed E-state index contributed by atoms with van der Waals surface area (Å²) in [7, 11) is 0. The van der Waals surface area contributed by atoms with E-state index in [-0.39, 0.29) is 5.56 Å². The number of nitrogens with two attached hydrogens (primary N) is 1. The standard InChI is InChI=1S/C19H17N5O2S/c1-11-15-18(26)22-13(23-19(15)27-16(11)17(20)25)9-14-21-7-8-24(14)10-12-5-3-2-4-6-12/h2-8H,9-10H2,1H3,(H2,20,25)(H,22,23,26). The number of hydrogen-bond acceptors (Lipinski definition) is 5. The molecule has 136 valence electrons. The van der Waals surface area contributed by atoms with E-state index < -0.39 is 5.91 Å². The fourth-order valence-corrected chi connectivity index (χ4v) is 4.14. The molecule has 4 rings (SSSR count). The Labute approximate surface area is 158 Å². The van der Waals surface area contributed by atoms with Gasteiger partial charge in [0.05, 0.1) is 16.7 Å². The molecule has 0 bridgehead atoms. The number of primary amides is 1. The number of fused-ring (bicyclic) bond motifs is 1. The zero-order valence-corrected chi connectivity index (χ0v) is 15.4. The van der Waals surface area contributed by atoms with Crippen molar-refractivity contribution in [2.45, 2.75) is 19.9 Å². The van der Waals surface area contributed by atoms with Gasteiger partial charge in [-0.2, -0.15) is 0 Å². The first kappa shape index (κ1) is 17.2.